The van der Waals surface area contributed by atoms with Crippen molar-refractivity contribution in [1.29, 1.82) is 5.26 Å². The van der Waals surface area contributed by atoms with Gasteiger partial charge in [0.2, 0.25) is 0 Å². The Kier molecular flexibility index (Phi) is 2.94. The number of hydrogen-bond acceptors (Lipinski definition) is 2. The molecule has 0 rings (SSSR count). The van der Waals surface area contributed by atoms with Crippen LogP contribution >= 0.6 is 0 Å². The minimum atomic E-state index is -0.429. The molecule has 0 aliphatic rings. The zero-order valence-corrected chi connectivity index (χ0v) is 5.85. The molecule has 0 heterocycles. The first-order valence-corrected chi connectivity index (χ1v) is 3.03. The predicted octanol–water partition coefficient (Wildman–Crippen LogP) is 1.52. The summed E-state index contributed by atoms with van der Waals surface area (Å²) in [6, 6.07) is 2.10. The van der Waals surface area contributed by atoms with Crippen molar-refractivity contribution >= 4 is 6.29 Å². The van der Waals surface area contributed by atoms with Crippen LogP contribution in [0, 0.1) is 16.7 Å². The molecule has 0 saturated carbocycles. The van der Waals surface area contributed by atoms with Crippen LogP contribution in [0.2, 0.25) is 0 Å². The fraction of sp³-hybridized carbons (Fsp3) is 0.714. The average Bonchev–Trinajstić information content (AvgIpc) is 1.89. The van der Waals surface area contributed by atoms with E-state index in [1.165, 1.54) is 0 Å². The molecule has 1 unspecified atom stereocenters. The van der Waals surface area contributed by atoms with E-state index in [9.17, 15) is 4.79 Å². The molecule has 2 nitrogen and oxygen atoms in total. The lowest BCUT2D eigenvalue weighted by atomic mass is 9.87. The van der Waals surface area contributed by atoms with Crippen LogP contribution in [0.5, 0.6) is 0 Å². The van der Waals surface area contributed by atoms with Crippen LogP contribution in [0.25, 0.3) is 0 Å². The lowest BCUT2D eigenvalue weighted by Gasteiger charge is -2.13. The fourth-order valence-electron chi connectivity index (χ4n) is 0.453. The Balaban J connectivity index is 3.96. The average molecular weight is 125 g/mol. The van der Waals surface area contributed by atoms with Gasteiger partial charge in [0.05, 0.1) is 11.5 Å². The third-order valence-corrected chi connectivity index (χ3v) is 1.58. The smallest absolute Gasteiger partial charge is 0.121 e. The molecule has 0 amide bonds. The highest BCUT2D eigenvalue weighted by atomic mass is 16.1. The van der Waals surface area contributed by atoms with Crippen LogP contribution in [-0.4, -0.2) is 6.29 Å². The summed E-state index contributed by atoms with van der Waals surface area (Å²) in [5.74, 6) is 0. The molecule has 2 heteroatoms. The lowest BCUT2D eigenvalue weighted by Crippen LogP contribution is -2.11. The van der Waals surface area contributed by atoms with Crippen LogP contribution in [0.3, 0.4) is 0 Å². The molecule has 1 atom stereocenters. The highest BCUT2D eigenvalue weighted by Crippen LogP contribution is 2.22. The summed E-state index contributed by atoms with van der Waals surface area (Å²) in [4.78, 5) is 9.99. The van der Waals surface area contributed by atoms with E-state index in [4.69, 9.17) is 5.26 Å². The van der Waals surface area contributed by atoms with E-state index in [1.807, 2.05) is 6.92 Å². The maximum atomic E-state index is 9.99. The summed E-state index contributed by atoms with van der Waals surface area (Å²) in [7, 11) is 0. The van der Waals surface area contributed by atoms with E-state index in [1.54, 1.807) is 6.92 Å². The predicted molar refractivity (Wildman–Crippen MR) is 34.7 cm³/mol. The standard InChI is InChI=1S/C7H11NO/c1-3-7(2,6-8)4-5-9/h5H,3-4H2,1-2H3. The second-order valence-electron chi connectivity index (χ2n) is 2.40. The normalized spacial score (nSPS) is 15.7. The van der Waals surface area contributed by atoms with Gasteiger partial charge < -0.3 is 4.79 Å². The summed E-state index contributed by atoms with van der Waals surface area (Å²) in [6.45, 7) is 3.70. The molecule has 0 bridgehead atoms. The monoisotopic (exact) mass is 125 g/mol. The van der Waals surface area contributed by atoms with Crippen molar-refractivity contribution in [2.45, 2.75) is 26.7 Å². The van der Waals surface area contributed by atoms with Crippen molar-refractivity contribution in [2.75, 3.05) is 0 Å². The number of carbonyl (C=O) groups is 1. The van der Waals surface area contributed by atoms with Gasteiger partial charge in [0.15, 0.2) is 0 Å². The Morgan fingerprint density at radius 2 is 2.33 bits per heavy atom. The number of aldehydes is 1. The first kappa shape index (κ1) is 8.16. The topological polar surface area (TPSA) is 40.9 Å². The molecular weight excluding hydrogens is 114 g/mol. The van der Waals surface area contributed by atoms with Crippen LogP contribution in [0.1, 0.15) is 26.7 Å². The zero-order valence-electron chi connectivity index (χ0n) is 5.85. The van der Waals surface area contributed by atoms with Gasteiger partial charge >= 0.3 is 0 Å². The maximum absolute atomic E-state index is 9.99. The summed E-state index contributed by atoms with van der Waals surface area (Å²) >= 11 is 0. The number of carbonyl (C=O) groups excluding carboxylic acids is 1. The van der Waals surface area contributed by atoms with Gasteiger partial charge in [-0.25, -0.2) is 0 Å². The fourth-order valence-corrected chi connectivity index (χ4v) is 0.453. The highest BCUT2D eigenvalue weighted by molar-refractivity contribution is 5.51. The van der Waals surface area contributed by atoms with Crippen molar-refractivity contribution in [1.82, 2.24) is 0 Å². The maximum Gasteiger partial charge on any atom is 0.121 e. The molecule has 0 aliphatic heterocycles. The van der Waals surface area contributed by atoms with Crippen LogP contribution in [-0.2, 0) is 4.79 Å². The Hall–Kier alpha value is -0.840. The van der Waals surface area contributed by atoms with E-state index >= 15 is 0 Å². The highest BCUT2D eigenvalue weighted by Gasteiger charge is 2.19. The first-order valence-electron chi connectivity index (χ1n) is 3.03. The molecule has 0 aromatic rings. The Labute approximate surface area is 55.5 Å². The van der Waals surface area contributed by atoms with E-state index in [0.29, 0.717) is 6.42 Å². The molecule has 0 saturated heterocycles. The summed E-state index contributed by atoms with van der Waals surface area (Å²) in [5, 5.41) is 8.51. The minimum Gasteiger partial charge on any atom is -0.303 e. The summed E-state index contributed by atoms with van der Waals surface area (Å²) in [5.41, 5.74) is -0.429. The Morgan fingerprint density at radius 3 is 2.44 bits per heavy atom. The van der Waals surface area contributed by atoms with Gasteiger partial charge in [-0.05, 0) is 13.3 Å². The molecule has 50 valence electrons. The second-order valence-corrected chi connectivity index (χ2v) is 2.40. The Morgan fingerprint density at radius 1 is 1.78 bits per heavy atom. The van der Waals surface area contributed by atoms with Gasteiger partial charge in [-0.3, -0.25) is 0 Å². The molecule has 0 aliphatic carbocycles. The SMILES string of the molecule is CCC(C)(C#N)CC=O. The first-order chi connectivity index (χ1) is 4.18. The molecule has 0 fully saturated rings. The van der Waals surface area contributed by atoms with Crippen molar-refractivity contribution in [3.05, 3.63) is 0 Å². The third-order valence-electron chi connectivity index (χ3n) is 1.58. The van der Waals surface area contributed by atoms with Crippen molar-refractivity contribution in [3.8, 4) is 6.07 Å². The van der Waals surface area contributed by atoms with Gasteiger partial charge in [-0.2, -0.15) is 5.26 Å². The number of nitriles is 1. The molecule has 0 aromatic heterocycles. The summed E-state index contributed by atoms with van der Waals surface area (Å²) < 4.78 is 0. The van der Waals surface area contributed by atoms with Crippen LogP contribution in [0.4, 0.5) is 0 Å². The molecular formula is C7H11NO. The summed E-state index contributed by atoms with van der Waals surface area (Å²) in [6.07, 6.45) is 1.88. The van der Waals surface area contributed by atoms with Crippen molar-refractivity contribution in [2.24, 2.45) is 5.41 Å². The van der Waals surface area contributed by atoms with Crippen LogP contribution in [0.15, 0.2) is 0 Å². The van der Waals surface area contributed by atoms with E-state index in [-0.39, 0.29) is 0 Å². The number of nitrogens with zero attached hydrogens (tertiary/aromatic N) is 1. The van der Waals surface area contributed by atoms with Crippen LogP contribution < -0.4 is 0 Å². The number of rotatable bonds is 3. The van der Waals surface area contributed by atoms with Gasteiger partial charge in [0.1, 0.15) is 6.29 Å². The minimum absolute atomic E-state index is 0.347. The van der Waals surface area contributed by atoms with Gasteiger partial charge in [0, 0.05) is 6.42 Å². The molecule has 0 N–H and O–H groups in total. The van der Waals surface area contributed by atoms with E-state index in [0.717, 1.165) is 12.7 Å². The second kappa shape index (κ2) is 3.24. The quantitative estimate of drug-likeness (QED) is 0.536. The van der Waals surface area contributed by atoms with E-state index < -0.39 is 5.41 Å². The molecule has 0 radical (unpaired) electrons. The van der Waals surface area contributed by atoms with Gasteiger partial charge in [-0.15, -0.1) is 0 Å². The largest absolute Gasteiger partial charge is 0.303 e. The molecule has 0 aromatic carbocycles. The lowest BCUT2D eigenvalue weighted by molar-refractivity contribution is -0.109. The molecule has 0 spiro atoms. The van der Waals surface area contributed by atoms with E-state index in [2.05, 4.69) is 6.07 Å². The number of hydrogen-bond donors (Lipinski definition) is 0. The van der Waals surface area contributed by atoms with Gasteiger partial charge in [-0.1, -0.05) is 6.92 Å². The van der Waals surface area contributed by atoms with Gasteiger partial charge in [0.25, 0.3) is 0 Å². The zero-order chi connectivity index (χ0) is 7.33. The molecule has 9 heavy (non-hydrogen) atoms. The third kappa shape index (κ3) is 2.27. The van der Waals surface area contributed by atoms with Crippen molar-refractivity contribution < 1.29 is 4.79 Å². The Bertz CT molecular complexity index is 136. The van der Waals surface area contributed by atoms with Crippen molar-refractivity contribution in [3.63, 3.8) is 0 Å².